The van der Waals surface area contributed by atoms with Crippen LogP contribution in [0.3, 0.4) is 0 Å². The zero-order valence-corrected chi connectivity index (χ0v) is 9.26. The Morgan fingerprint density at radius 2 is 1.85 bits per heavy atom. The second-order valence-corrected chi connectivity index (χ2v) is 3.86. The van der Waals surface area contributed by atoms with Crippen LogP contribution in [-0.4, -0.2) is 18.2 Å². The van der Waals surface area contributed by atoms with Crippen molar-refractivity contribution in [3.05, 3.63) is 0 Å². The first-order valence-corrected chi connectivity index (χ1v) is 4.94. The van der Waals surface area contributed by atoms with E-state index in [0.717, 1.165) is 6.42 Å². The van der Waals surface area contributed by atoms with Crippen LogP contribution in [-0.2, 0) is 4.74 Å². The molecule has 1 amide bonds. The van der Waals surface area contributed by atoms with Crippen molar-refractivity contribution in [2.24, 2.45) is 5.92 Å². The highest BCUT2D eigenvalue weighted by molar-refractivity contribution is 5.67. The maximum Gasteiger partial charge on any atom is 0.407 e. The topological polar surface area (TPSA) is 38.3 Å². The van der Waals surface area contributed by atoms with Gasteiger partial charge in [0.15, 0.2) is 0 Å². The third-order valence-corrected chi connectivity index (χ3v) is 1.89. The number of amides is 1. The molecular weight excluding hydrogens is 166 g/mol. The third kappa shape index (κ3) is 5.50. The second-order valence-electron chi connectivity index (χ2n) is 3.86. The SMILES string of the molecule is CC[C@@H](NC(=O)OC(C)C)C(C)C. The van der Waals surface area contributed by atoms with Crippen molar-refractivity contribution >= 4 is 6.09 Å². The van der Waals surface area contributed by atoms with Crippen molar-refractivity contribution in [1.29, 1.82) is 0 Å². The standard InChI is InChI=1S/C10H21NO2/c1-6-9(7(2)3)11-10(12)13-8(4)5/h7-9H,6H2,1-5H3,(H,11,12)/t9-/m1/s1. The minimum Gasteiger partial charge on any atom is -0.447 e. The highest BCUT2D eigenvalue weighted by atomic mass is 16.6. The third-order valence-electron chi connectivity index (χ3n) is 1.89. The zero-order chi connectivity index (χ0) is 10.4. The normalized spacial score (nSPS) is 13.2. The number of alkyl carbamates (subject to hydrolysis) is 1. The summed E-state index contributed by atoms with van der Waals surface area (Å²) in [6.07, 6.45) is 0.574. The molecule has 0 saturated heterocycles. The number of hydrogen-bond donors (Lipinski definition) is 1. The molecule has 0 unspecified atom stereocenters. The number of nitrogens with one attached hydrogen (secondary N) is 1. The fraction of sp³-hybridized carbons (Fsp3) is 0.900. The first-order chi connectivity index (χ1) is 5.97. The van der Waals surface area contributed by atoms with Gasteiger partial charge in [-0.2, -0.15) is 0 Å². The lowest BCUT2D eigenvalue weighted by Gasteiger charge is -2.21. The first-order valence-electron chi connectivity index (χ1n) is 4.94. The Bertz CT molecular complexity index is 155. The molecule has 0 rings (SSSR count). The van der Waals surface area contributed by atoms with Gasteiger partial charge in [-0.3, -0.25) is 0 Å². The molecule has 1 atom stereocenters. The molecule has 0 aromatic carbocycles. The Morgan fingerprint density at radius 1 is 1.31 bits per heavy atom. The Morgan fingerprint density at radius 3 is 2.15 bits per heavy atom. The maximum atomic E-state index is 11.2. The van der Waals surface area contributed by atoms with E-state index < -0.39 is 0 Å². The highest BCUT2D eigenvalue weighted by Gasteiger charge is 2.15. The van der Waals surface area contributed by atoms with E-state index in [1.165, 1.54) is 0 Å². The molecule has 0 aromatic rings. The van der Waals surface area contributed by atoms with E-state index in [2.05, 4.69) is 26.1 Å². The predicted octanol–water partition coefficient (Wildman–Crippen LogP) is 2.56. The molecule has 0 bridgehead atoms. The number of carbonyl (C=O) groups is 1. The summed E-state index contributed by atoms with van der Waals surface area (Å²) in [5, 5.41) is 2.84. The molecule has 0 aromatic heterocycles. The Balaban J connectivity index is 3.87. The summed E-state index contributed by atoms with van der Waals surface area (Å²) in [5.41, 5.74) is 0. The van der Waals surface area contributed by atoms with Crippen molar-refractivity contribution in [3.8, 4) is 0 Å². The van der Waals surface area contributed by atoms with Crippen LogP contribution in [0.5, 0.6) is 0 Å². The molecule has 0 spiro atoms. The maximum absolute atomic E-state index is 11.2. The Labute approximate surface area is 80.8 Å². The molecule has 0 saturated carbocycles. The van der Waals surface area contributed by atoms with Crippen LogP contribution < -0.4 is 5.32 Å². The van der Waals surface area contributed by atoms with E-state index in [-0.39, 0.29) is 18.2 Å². The Hall–Kier alpha value is -0.730. The molecule has 0 radical (unpaired) electrons. The fourth-order valence-corrected chi connectivity index (χ4v) is 1.14. The van der Waals surface area contributed by atoms with Crippen molar-refractivity contribution in [2.45, 2.75) is 53.2 Å². The number of ether oxygens (including phenoxy) is 1. The van der Waals surface area contributed by atoms with E-state index in [1.54, 1.807) is 0 Å². The predicted molar refractivity (Wildman–Crippen MR) is 53.7 cm³/mol. The largest absolute Gasteiger partial charge is 0.447 e. The van der Waals surface area contributed by atoms with E-state index in [1.807, 2.05) is 13.8 Å². The van der Waals surface area contributed by atoms with Crippen molar-refractivity contribution in [3.63, 3.8) is 0 Å². The first kappa shape index (κ1) is 12.3. The molecule has 1 N–H and O–H groups in total. The average Bonchev–Trinajstić information content (AvgIpc) is 1.98. The second kappa shape index (κ2) is 5.84. The fourth-order valence-electron chi connectivity index (χ4n) is 1.14. The summed E-state index contributed by atoms with van der Waals surface area (Å²) in [5.74, 6) is 0.449. The molecule has 78 valence electrons. The van der Waals surface area contributed by atoms with Gasteiger partial charge in [0.25, 0.3) is 0 Å². The molecular formula is C10H21NO2. The minimum absolute atomic E-state index is 0.0512. The van der Waals surface area contributed by atoms with E-state index in [9.17, 15) is 4.79 Å². The van der Waals surface area contributed by atoms with Crippen LogP contribution in [0.2, 0.25) is 0 Å². The van der Waals surface area contributed by atoms with Gasteiger partial charge in [0, 0.05) is 6.04 Å². The van der Waals surface area contributed by atoms with Crippen LogP contribution in [0, 0.1) is 5.92 Å². The van der Waals surface area contributed by atoms with Gasteiger partial charge < -0.3 is 10.1 Å². The zero-order valence-electron chi connectivity index (χ0n) is 9.26. The van der Waals surface area contributed by atoms with E-state index >= 15 is 0 Å². The number of carbonyl (C=O) groups excluding carboxylic acids is 1. The smallest absolute Gasteiger partial charge is 0.407 e. The van der Waals surface area contributed by atoms with E-state index in [4.69, 9.17) is 4.74 Å². The molecule has 0 aliphatic rings. The van der Waals surface area contributed by atoms with Crippen LogP contribution in [0.4, 0.5) is 4.79 Å². The lowest BCUT2D eigenvalue weighted by molar-refractivity contribution is 0.109. The summed E-state index contributed by atoms with van der Waals surface area (Å²) in [6, 6.07) is 0.214. The monoisotopic (exact) mass is 187 g/mol. The van der Waals surface area contributed by atoms with Gasteiger partial charge in [0.2, 0.25) is 0 Å². The lowest BCUT2D eigenvalue weighted by atomic mass is 10.0. The summed E-state index contributed by atoms with van der Waals surface area (Å²) in [4.78, 5) is 11.2. The van der Waals surface area contributed by atoms with Crippen LogP contribution in [0.25, 0.3) is 0 Å². The number of rotatable bonds is 4. The van der Waals surface area contributed by atoms with Gasteiger partial charge in [0.05, 0.1) is 6.10 Å². The van der Waals surface area contributed by atoms with Crippen molar-refractivity contribution in [1.82, 2.24) is 5.32 Å². The molecule has 3 nitrogen and oxygen atoms in total. The van der Waals surface area contributed by atoms with Crippen LogP contribution in [0.15, 0.2) is 0 Å². The molecule has 0 aliphatic heterocycles. The molecule has 0 fully saturated rings. The quantitative estimate of drug-likeness (QED) is 0.734. The van der Waals surface area contributed by atoms with Gasteiger partial charge in [-0.25, -0.2) is 4.79 Å². The Kier molecular flexibility index (Phi) is 5.51. The average molecular weight is 187 g/mol. The van der Waals surface area contributed by atoms with Crippen molar-refractivity contribution < 1.29 is 9.53 Å². The molecule has 3 heteroatoms. The lowest BCUT2D eigenvalue weighted by Crippen LogP contribution is -2.39. The molecule has 0 heterocycles. The summed E-state index contributed by atoms with van der Waals surface area (Å²) < 4.78 is 4.98. The highest BCUT2D eigenvalue weighted by Crippen LogP contribution is 2.05. The minimum atomic E-state index is -0.310. The van der Waals surface area contributed by atoms with Gasteiger partial charge >= 0.3 is 6.09 Å². The molecule has 0 aliphatic carbocycles. The van der Waals surface area contributed by atoms with E-state index in [0.29, 0.717) is 5.92 Å². The van der Waals surface area contributed by atoms with Gasteiger partial charge in [0.1, 0.15) is 0 Å². The summed E-state index contributed by atoms with van der Waals surface area (Å²) in [7, 11) is 0. The van der Waals surface area contributed by atoms with Gasteiger partial charge in [-0.15, -0.1) is 0 Å². The van der Waals surface area contributed by atoms with Crippen molar-refractivity contribution in [2.75, 3.05) is 0 Å². The number of hydrogen-bond acceptors (Lipinski definition) is 2. The van der Waals surface area contributed by atoms with Crippen LogP contribution in [0.1, 0.15) is 41.0 Å². The molecule has 13 heavy (non-hydrogen) atoms. The van der Waals surface area contributed by atoms with Gasteiger partial charge in [-0.1, -0.05) is 20.8 Å². The summed E-state index contributed by atoms with van der Waals surface area (Å²) in [6.45, 7) is 9.92. The van der Waals surface area contributed by atoms with Gasteiger partial charge in [-0.05, 0) is 26.2 Å². The summed E-state index contributed by atoms with van der Waals surface area (Å²) >= 11 is 0. The van der Waals surface area contributed by atoms with Crippen LogP contribution >= 0.6 is 0 Å².